The Morgan fingerprint density at radius 1 is 1.24 bits per heavy atom. The van der Waals surface area contributed by atoms with E-state index >= 15 is 0 Å². The molecule has 0 aliphatic carbocycles. The third kappa shape index (κ3) is 5.14. The molecular formula is C19H23FN2O3. The number of halogens is 1. The first-order valence-corrected chi connectivity index (χ1v) is 8.34. The summed E-state index contributed by atoms with van der Waals surface area (Å²) in [5.74, 6) is 0.0952. The van der Waals surface area contributed by atoms with Crippen LogP contribution in [-0.4, -0.2) is 36.4 Å². The summed E-state index contributed by atoms with van der Waals surface area (Å²) in [6.45, 7) is 5.73. The molecular weight excluding hydrogens is 323 g/mol. The number of hydrogen-bond acceptors (Lipinski definition) is 5. The second-order valence-corrected chi connectivity index (χ2v) is 6.64. The van der Waals surface area contributed by atoms with Crippen LogP contribution in [0.5, 0.6) is 5.88 Å². The van der Waals surface area contributed by atoms with E-state index in [4.69, 9.17) is 14.2 Å². The van der Waals surface area contributed by atoms with Gasteiger partial charge in [0.15, 0.2) is 11.6 Å². The summed E-state index contributed by atoms with van der Waals surface area (Å²) in [7, 11) is 0. The van der Waals surface area contributed by atoms with Gasteiger partial charge in [-0.25, -0.2) is 4.39 Å². The molecule has 134 valence electrons. The summed E-state index contributed by atoms with van der Waals surface area (Å²) < 4.78 is 31.0. The van der Waals surface area contributed by atoms with Gasteiger partial charge in [-0.3, -0.25) is 0 Å². The SMILES string of the molecule is CC1(C)COC(CNc2nc(OCc3ccccc3)ccc2F)CO1. The molecule has 0 radical (unpaired) electrons. The summed E-state index contributed by atoms with van der Waals surface area (Å²) in [6.07, 6.45) is -0.136. The molecule has 1 aliphatic heterocycles. The van der Waals surface area contributed by atoms with Crippen molar-refractivity contribution in [2.24, 2.45) is 0 Å². The number of pyridine rings is 1. The molecule has 1 N–H and O–H groups in total. The van der Waals surface area contributed by atoms with Gasteiger partial charge in [0, 0.05) is 12.6 Å². The Labute approximate surface area is 147 Å². The van der Waals surface area contributed by atoms with Crippen molar-refractivity contribution in [1.82, 2.24) is 4.98 Å². The Hall–Kier alpha value is -2.18. The second kappa shape index (κ2) is 7.80. The first-order valence-electron chi connectivity index (χ1n) is 8.34. The Morgan fingerprint density at radius 3 is 2.76 bits per heavy atom. The van der Waals surface area contributed by atoms with Gasteiger partial charge in [-0.1, -0.05) is 30.3 Å². The first-order chi connectivity index (χ1) is 12.0. The molecule has 2 aromatic rings. The molecule has 1 fully saturated rings. The van der Waals surface area contributed by atoms with Crippen molar-refractivity contribution < 1.29 is 18.6 Å². The largest absolute Gasteiger partial charge is 0.473 e. The number of nitrogens with zero attached hydrogens (tertiary/aromatic N) is 1. The van der Waals surface area contributed by atoms with Crippen LogP contribution in [0.15, 0.2) is 42.5 Å². The van der Waals surface area contributed by atoms with Gasteiger partial charge >= 0.3 is 0 Å². The standard InChI is InChI=1S/C19H23FN2O3/c1-19(2)13-24-15(12-25-19)10-21-18-16(20)8-9-17(22-18)23-11-14-6-4-3-5-7-14/h3-9,15H,10-13H2,1-2H3,(H,21,22). The summed E-state index contributed by atoms with van der Waals surface area (Å²) in [4.78, 5) is 4.20. The molecule has 0 saturated carbocycles. The topological polar surface area (TPSA) is 52.6 Å². The van der Waals surface area contributed by atoms with Crippen LogP contribution in [0.3, 0.4) is 0 Å². The van der Waals surface area contributed by atoms with Crippen LogP contribution in [0.4, 0.5) is 10.2 Å². The number of hydrogen-bond donors (Lipinski definition) is 1. The Balaban J connectivity index is 1.54. The molecule has 5 nitrogen and oxygen atoms in total. The van der Waals surface area contributed by atoms with Gasteiger partial charge in [0.2, 0.25) is 5.88 Å². The minimum absolute atomic E-state index is 0.136. The fraction of sp³-hybridized carbons (Fsp3) is 0.421. The lowest BCUT2D eigenvalue weighted by atomic mass is 10.1. The maximum absolute atomic E-state index is 14.0. The molecule has 0 bridgehead atoms. The van der Waals surface area contributed by atoms with Crippen molar-refractivity contribution in [2.75, 3.05) is 25.1 Å². The quantitative estimate of drug-likeness (QED) is 0.869. The molecule has 0 spiro atoms. The number of anilines is 1. The fourth-order valence-corrected chi connectivity index (χ4v) is 2.42. The van der Waals surface area contributed by atoms with E-state index in [1.807, 2.05) is 44.2 Å². The van der Waals surface area contributed by atoms with E-state index in [1.165, 1.54) is 12.1 Å². The smallest absolute Gasteiger partial charge is 0.215 e. The van der Waals surface area contributed by atoms with E-state index in [9.17, 15) is 4.39 Å². The van der Waals surface area contributed by atoms with Crippen LogP contribution in [0.1, 0.15) is 19.4 Å². The fourth-order valence-electron chi connectivity index (χ4n) is 2.42. The Bertz CT molecular complexity index is 684. The third-order valence-corrected chi connectivity index (χ3v) is 3.87. The molecule has 0 amide bonds. The first kappa shape index (κ1) is 17.6. The molecule has 3 rings (SSSR count). The highest BCUT2D eigenvalue weighted by molar-refractivity contribution is 5.39. The van der Waals surface area contributed by atoms with Crippen LogP contribution >= 0.6 is 0 Å². The summed E-state index contributed by atoms with van der Waals surface area (Å²) in [6, 6.07) is 12.6. The van der Waals surface area contributed by atoms with Crippen LogP contribution < -0.4 is 10.1 Å². The predicted molar refractivity (Wildman–Crippen MR) is 93.2 cm³/mol. The van der Waals surface area contributed by atoms with Gasteiger partial charge < -0.3 is 19.5 Å². The normalized spacial score (nSPS) is 19.4. The minimum atomic E-state index is -0.427. The average Bonchev–Trinajstić information content (AvgIpc) is 2.62. The molecule has 1 aromatic carbocycles. The van der Waals surface area contributed by atoms with E-state index in [0.717, 1.165) is 5.56 Å². The van der Waals surface area contributed by atoms with Crippen molar-refractivity contribution in [3.8, 4) is 5.88 Å². The van der Waals surface area contributed by atoms with Crippen molar-refractivity contribution in [2.45, 2.75) is 32.2 Å². The van der Waals surface area contributed by atoms with E-state index < -0.39 is 5.82 Å². The summed E-state index contributed by atoms with van der Waals surface area (Å²) >= 11 is 0. The summed E-state index contributed by atoms with van der Waals surface area (Å²) in [5, 5.41) is 2.98. The molecule has 1 saturated heterocycles. The van der Waals surface area contributed by atoms with Gasteiger partial charge in [0.05, 0.1) is 24.9 Å². The molecule has 1 aromatic heterocycles. The Kier molecular flexibility index (Phi) is 5.50. The minimum Gasteiger partial charge on any atom is -0.473 e. The molecule has 6 heteroatoms. The highest BCUT2D eigenvalue weighted by Gasteiger charge is 2.28. The lowest BCUT2D eigenvalue weighted by molar-refractivity contribution is -0.170. The molecule has 1 unspecified atom stereocenters. The number of aromatic nitrogens is 1. The van der Waals surface area contributed by atoms with Gasteiger partial charge in [-0.05, 0) is 25.5 Å². The summed E-state index contributed by atoms with van der Waals surface area (Å²) in [5.41, 5.74) is 0.754. The van der Waals surface area contributed by atoms with E-state index in [-0.39, 0.29) is 17.5 Å². The number of benzene rings is 1. The van der Waals surface area contributed by atoms with Crippen molar-refractivity contribution in [3.05, 3.63) is 53.8 Å². The number of rotatable bonds is 6. The maximum Gasteiger partial charge on any atom is 0.215 e. The third-order valence-electron chi connectivity index (χ3n) is 3.87. The van der Waals surface area contributed by atoms with Gasteiger partial charge in [-0.15, -0.1) is 0 Å². The van der Waals surface area contributed by atoms with Gasteiger partial charge in [0.1, 0.15) is 6.61 Å². The number of nitrogens with one attached hydrogen (secondary N) is 1. The monoisotopic (exact) mass is 346 g/mol. The van der Waals surface area contributed by atoms with Crippen LogP contribution in [0, 0.1) is 5.82 Å². The van der Waals surface area contributed by atoms with Crippen molar-refractivity contribution >= 4 is 5.82 Å². The van der Waals surface area contributed by atoms with Crippen LogP contribution in [-0.2, 0) is 16.1 Å². The van der Waals surface area contributed by atoms with Gasteiger partial charge in [-0.2, -0.15) is 4.98 Å². The highest BCUT2D eigenvalue weighted by atomic mass is 19.1. The number of ether oxygens (including phenoxy) is 3. The lowest BCUT2D eigenvalue weighted by Gasteiger charge is -2.35. The lowest BCUT2D eigenvalue weighted by Crippen LogP contribution is -2.44. The van der Waals surface area contributed by atoms with E-state index in [2.05, 4.69) is 10.3 Å². The zero-order valence-electron chi connectivity index (χ0n) is 14.5. The van der Waals surface area contributed by atoms with Crippen molar-refractivity contribution in [1.29, 1.82) is 0 Å². The highest BCUT2D eigenvalue weighted by Crippen LogP contribution is 2.20. The zero-order chi connectivity index (χ0) is 17.7. The maximum atomic E-state index is 14.0. The predicted octanol–water partition coefficient (Wildman–Crippen LogP) is 3.41. The molecule has 1 atom stereocenters. The van der Waals surface area contributed by atoms with E-state index in [1.54, 1.807) is 0 Å². The average molecular weight is 346 g/mol. The van der Waals surface area contributed by atoms with Crippen LogP contribution in [0.25, 0.3) is 0 Å². The van der Waals surface area contributed by atoms with Crippen LogP contribution in [0.2, 0.25) is 0 Å². The van der Waals surface area contributed by atoms with Gasteiger partial charge in [0.25, 0.3) is 0 Å². The molecule has 1 aliphatic rings. The zero-order valence-corrected chi connectivity index (χ0v) is 14.5. The Morgan fingerprint density at radius 2 is 2.04 bits per heavy atom. The van der Waals surface area contributed by atoms with Crippen molar-refractivity contribution in [3.63, 3.8) is 0 Å². The second-order valence-electron chi connectivity index (χ2n) is 6.64. The van der Waals surface area contributed by atoms with E-state index in [0.29, 0.717) is 32.2 Å². The molecule has 2 heterocycles. The molecule has 25 heavy (non-hydrogen) atoms.